The number of anilines is 1. The lowest BCUT2D eigenvalue weighted by Gasteiger charge is -2.28. The standard InChI is InChI=1S/C13H16BrNO/c1-10-4-6-15(7-5-10)12-3-2-11(9-16)13(14)8-12/h2-4,8,16H,5-7,9H2,1H3. The van der Waals surface area contributed by atoms with Crippen LogP contribution in [0.4, 0.5) is 5.69 Å². The van der Waals surface area contributed by atoms with E-state index in [-0.39, 0.29) is 6.61 Å². The highest BCUT2D eigenvalue weighted by atomic mass is 79.9. The van der Waals surface area contributed by atoms with Crippen molar-refractivity contribution in [2.75, 3.05) is 18.0 Å². The van der Waals surface area contributed by atoms with Gasteiger partial charge in [-0.15, -0.1) is 0 Å². The van der Waals surface area contributed by atoms with Gasteiger partial charge in [-0.1, -0.05) is 33.6 Å². The molecule has 0 radical (unpaired) electrons. The maximum Gasteiger partial charge on any atom is 0.0692 e. The Labute approximate surface area is 105 Å². The first-order valence-electron chi connectivity index (χ1n) is 5.50. The highest BCUT2D eigenvalue weighted by molar-refractivity contribution is 9.10. The minimum Gasteiger partial charge on any atom is -0.392 e. The molecule has 0 amide bonds. The third kappa shape index (κ3) is 2.47. The quantitative estimate of drug-likeness (QED) is 0.843. The van der Waals surface area contributed by atoms with Crippen LogP contribution in [-0.4, -0.2) is 18.2 Å². The third-order valence-corrected chi connectivity index (χ3v) is 3.75. The molecule has 0 saturated carbocycles. The van der Waals surface area contributed by atoms with Crippen LogP contribution in [0.15, 0.2) is 34.3 Å². The monoisotopic (exact) mass is 281 g/mol. The van der Waals surface area contributed by atoms with Crippen molar-refractivity contribution in [1.29, 1.82) is 0 Å². The molecular formula is C13H16BrNO. The van der Waals surface area contributed by atoms with Crippen molar-refractivity contribution in [1.82, 2.24) is 0 Å². The number of hydrogen-bond acceptors (Lipinski definition) is 2. The first-order chi connectivity index (χ1) is 7.70. The first-order valence-corrected chi connectivity index (χ1v) is 6.30. The molecule has 86 valence electrons. The number of aliphatic hydroxyl groups excluding tert-OH is 1. The van der Waals surface area contributed by atoms with Crippen molar-refractivity contribution < 1.29 is 5.11 Å². The van der Waals surface area contributed by atoms with E-state index < -0.39 is 0 Å². The van der Waals surface area contributed by atoms with Gasteiger partial charge in [0.05, 0.1) is 6.61 Å². The number of rotatable bonds is 2. The number of halogens is 1. The van der Waals surface area contributed by atoms with Gasteiger partial charge >= 0.3 is 0 Å². The lowest BCUT2D eigenvalue weighted by Crippen LogP contribution is -2.28. The van der Waals surface area contributed by atoms with Crippen LogP contribution in [0.5, 0.6) is 0 Å². The van der Waals surface area contributed by atoms with Gasteiger partial charge in [-0.25, -0.2) is 0 Å². The molecule has 3 heteroatoms. The van der Waals surface area contributed by atoms with Crippen molar-refractivity contribution in [3.05, 3.63) is 39.9 Å². The summed E-state index contributed by atoms with van der Waals surface area (Å²) in [6, 6.07) is 6.13. The van der Waals surface area contributed by atoms with E-state index in [0.29, 0.717) is 0 Å². The average molecular weight is 282 g/mol. The second-order valence-corrected chi connectivity index (χ2v) is 5.03. The van der Waals surface area contributed by atoms with E-state index in [9.17, 15) is 0 Å². The van der Waals surface area contributed by atoms with Gasteiger partial charge < -0.3 is 10.0 Å². The topological polar surface area (TPSA) is 23.5 Å². The van der Waals surface area contributed by atoms with Crippen molar-refractivity contribution in [3.8, 4) is 0 Å². The normalized spacial score (nSPS) is 16.2. The smallest absolute Gasteiger partial charge is 0.0692 e. The molecule has 1 aliphatic heterocycles. The average Bonchev–Trinajstić information content (AvgIpc) is 2.30. The second kappa shape index (κ2) is 5.02. The highest BCUT2D eigenvalue weighted by Crippen LogP contribution is 2.26. The van der Waals surface area contributed by atoms with E-state index in [0.717, 1.165) is 29.5 Å². The predicted molar refractivity (Wildman–Crippen MR) is 70.7 cm³/mol. The van der Waals surface area contributed by atoms with Crippen LogP contribution in [0, 0.1) is 0 Å². The third-order valence-electron chi connectivity index (χ3n) is 3.01. The molecule has 1 aliphatic rings. The largest absolute Gasteiger partial charge is 0.392 e. The minimum atomic E-state index is 0.0832. The van der Waals surface area contributed by atoms with E-state index in [4.69, 9.17) is 5.11 Å². The van der Waals surface area contributed by atoms with Crippen molar-refractivity contribution in [2.24, 2.45) is 0 Å². The number of benzene rings is 1. The van der Waals surface area contributed by atoms with Gasteiger partial charge in [0, 0.05) is 23.2 Å². The molecule has 0 saturated heterocycles. The summed E-state index contributed by atoms with van der Waals surface area (Å²) in [5.74, 6) is 0. The molecule has 2 rings (SSSR count). The molecule has 2 nitrogen and oxygen atoms in total. The van der Waals surface area contributed by atoms with Crippen LogP contribution in [0.25, 0.3) is 0 Å². The molecule has 0 aromatic heterocycles. The maximum atomic E-state index is 9.10. The summed E-state index contributed by atoms with van der Waals surface area (Å²) in [6.07, 6.45) is 3.41. The van der Waals surface area contributed by atoms with Crippen LogP contribution < -0.4 is 4.90 Å². The first kappa shape index (κ1) is 11.7. The molecule has 1 aromatic carbocycles. The van der Waals surface area contributed by atoms with E-state index in [1.165, 1.54) is 11.3 Å². The van der Waals surface area contributed by atoms with Gasteiger partial charge in [-0.3, -0.25) is 0 Å². The zero-order chi connectivity index (χ0) is 11.5. The Morgan fingerprint density at radius 1 is 1.44 bits per heavy atom. The number of nitrogens with zero attached hydrogens (tertiary/aromatic N) is 1. The lowest BCUT2D eigenvalue weighted by molar-refractivity contribution is 0.281. The summed E-state index contributed by atoms with van der Waals surface area (Å²) in [4.78, 5) is 2.35. The number of aliphatic hydroxyl groups is 1. The molecular weight excluding hydrogens is 266 g/mol. The minimum absolute atomic E-state index is 0.0832. The van der Waals surface area contributed by atoms with Gasteiger partial charge in [0.2, 0.25) is 0 Å². The van der Waals surface area contributed by atoms with Gasteiger partial charge in [0.1, 0.15) is 0 Å². The van der Waals surface area contributed by atoms with E-state index >= 15 is 0 Å². The summed E-state index contributed by atoms with van der Waals surface area (Å²) in [5.41, 5.74) is 3.63. The van der Waals surface area contributed by atoms with Crippen LogP contribution >= 0.6 is 15.9 Å². The summed E-state index contributed by atoms with van der Waals surface area (Å²) in [7, 11) is 0. The second-order valence-electron chi connectivity index (χ2n) is 4.18. The van der Waals surface area contributed by atoms with E-state index in [2.05, 4.69) is 46.0 Å². The molecule has 0 unspecified atom stereocenters. The van der Waals surface area contributed by atoms with E-state index in [1.54, 1.807) is 0 Å². The van der Waals surface area contributed by atoms with Gasteiger partial charge in [0.15, 0.2) is 0 Å². The van der Waals surface area contributed by atoms with Gasteiger partial charge in [-0.05, 0) is 31.0 Å². The van der Waals surface area contributed by atoms with Crippen molar-refractivity contribution in [3.63, 3.8) is 0 Å². The summed E-state index contributed by atoms with van der Waals surface area (Å²) < 4.78 is 0.985. The molecule has 0 aliphatic carbocycles. The Bertz CT molecular complexity index is 414. The van der Waals surface area contributed by atoms with Crippen molar-refractivity contribution >= 4 is 21.6 Å². The fourth-order valence-electron chi connectivity index (χ4n) is 1.87. The predicted octanol–water partition coefficient (Wildman–Crippen LogP) is 3.10. The van der Waals surface area contributed by atoms with Crippen LogP contribution in [0.2, 0.25) is 0 Å². The molecule has 1 heterocycles. The SMILES string of the molecule is CC1=CCN(c2ccc(CO)c(Br)c2)CC1. The highest BCUT2D eigenvalue weighted by Gasteiger charge is 2.11. The summed E-state index contributed by atoms with van der Waals surface area (Å²) >= 11 is 3.48. The van der Waals surface area contributed by atoms with Crippen LogP contribution in [-0.2, 0) is 6.61 Å². The molecule has 0 bridgehead atoms. The Kier molecular flexibility index (Phi) is 3.66. The summed E-state index contributed by atoms with van der Waals surface area (Å²) in [6.45, 7) is 4.33. The molecule has 1 aromatic rings. The zero-order valence-electron chi connectivity index (χ0n) is 9.41. The Morgan fingerprint density at radius 3 is 2.81 bits per heavy atom. The molecule has 1 N–H and O–H groups in total. The Hall–Kier alpha value is -0.800. The molecule has 0 atom stereocenters. The zero-order valence-corrected chi connectivity index (χ0v) is 11.0. The molecule has 16 heavy (non-hydrogen) atoms. The Balaban J connectivity index is 2.19. The fourth-order valence-corrected chi connectivity index (χ4v) is 2.36. The maximum absolute atomic E-state index is 9.10. The molecule has 0 fully saturated rings. The Morgan fingerprint density at radius 2 is 2.25 bits per heavy atom. The van der Waals surface area contributed by atoms with E-state index in [1.807, 2.05) is 6.07 Å². The van der Waals surface area contributed by atoms with Crippen LogP contribution in [0.1, 0.15) is 18.9 Å². The lowest BCUT2D eigenvalue weighted by atomic mass is 10.1. The summed E-state index contributed by atoms with van der Waals surface area (Å²) in [5, 5.41) is 9.10. The number of hydrogen-bond donors (Lipinski definition) is 1. The van der Waals surface area contributed by atoms with Gasteiger partial charge in [-0.2, -0.15) is 0 Å². The van der Waals surface area contributed by atoms with Crippen molar-refractivity contribution in [2.45, 2.75) is 20.0 Å². The molecule has 0 spiro atoms. The fraction of sp³-hybridized carbons (Fsp3) is 0.385. The van der Waals surface area contributed by atoms with Crippen LogP contribution in [0.3, 0.4) is 0 Å². The van der Waals surface area contributed by atoms with Gasteiger partial charge in [0.25, 0.3) is 0 Å².